The highest BCUT2D eigenvalue weighted by molar-refractivity contribution is 7.80. The lowest BCUT2D eigenvalue weighted by Gasteiger charge is -2.26. The standard InChI is InChI=1S/C18H22N2OS/c1-4-20(17-8-6-5-7-14(17)2)18(22)19-13-15-9-11-16(21-3)12-10-15/h5-12H,4,13H2,1-3H3,(H,19,22). The van der Waals surface area contributed by atoms with E-state index in [0.29, 0.717) is 6.54 Å². The minimum Gasteiger partial charge on any atom is -0.497 e. The molecule has 0 radical (unpaired) electrons. The van der Waals surface area contributed by atoms with Crippen LogP contribution in [0.2, 0.25) is 0 Å². The number of benzene rings is 2. The first-order chi connectivity index (χ1) is 10.7. The van der Waals surface area contributed by atoms with Gasteiger partial charge in [-0.3, -0.25) is 0 Å². The maximum atomic E-state index is 5.55. The van der Waals surface area contributed by atoms with Gasteiger partial charge in [-0.25, -0.2) is 0 Å². The number of nitrogens with zero attached hydrogens (tertiary/aromatic N) is 1. The number of aryl methyl sites for hydroxylation is 1. The summed E-state index contributed by atoms with van der Waals surface area (Å²) in [6, 6.07) is 16.3. The third kappa shape index (κ3) is 3.98. The SMILES string of the molecule is CCN(C(=S)NCc1ccc(OC)cc1)c1ccccc1C. The van der Waals surface area contributed by atoms with E-state index in [0.717, 1.165) is 23.1 Å². The quantitative estimate of drug-likeness (QED) is 0.846. The molecule has 2 aromatic rings. The Balaban J connectivity index is 2.02. The van der Waals surface area contributed by atoms with Gasteiger partial charge in [0.1, 0.15) is 5.75 Å². The second kappa shape index (κ2) is 7.80. The van der Waals surface area contributed by atoms with E-state index in [1.165, 1.54) is 11.1 Å². The second-order valence-corrected chi connectivity index (χ2v) is 5.42. The van der Waals surface area contributed by atoms with Gasteiger partial charge in [0.15, 0.2) is 5.11 Å². The molecule has 0 aliphatic carbocycles. The van der Waals surface area contributed by atoms with E-state index in [1.54, 1.807) is 7.11 Å². The molecule has 1 N–H and O–H groups in total. The molecule has 116 valence electrons. The van der Waals surface area contributed by atoms with Gasteiger partial charge < -0.3 is 15.0 Å². The number of rotatable bonds is 5. The molecule has 0 saturated heterocycles. The van der Waals surface area contributed by atoms with Crippen LogP contribution in [0.1, 0.15) is 18.1 Å². The highest BCUT2D eigenvalue weighted by atomic mass is 32.1. The van der Waals surface area contributed by atoms with Crippen LogP contribution in [0.4, 0.5) is 5.69 Å². The predicted octanol–water partition coefficient (Wildman–Crippen LogP) is 3.90. The molecule has 0 saturated carbocycles. The largest absolute Gasteiger partial charge is 0.497 e. The summed E-state index contributed by atoms with van der Waals surface area (Å²) in [4.78, 5) is 2.12. The molecule has 0 bridgehead atoms. The van der Waals surface area contributed by atoms with E-state index in [2.05, 4.69) is 36.2 Å². The summed E-state index contributed by atoms with van der Waals surface area (Å²) >= 11 is 5.55. The minimum atomic E-state index is 0.700. The highest BCUT2D eigenvalue weighted by Crippen LogP contribution is 2.19. The fourth-order valence-corrected chi connectivity index (χ4v) is 2.61. The van der Waals surface area contributed by atoms with Gasteiger partial charge in [0.2, 0.25) is 0 Å². The van der Waals surface area contributed by atoms with Gasteiger partial charge in [0.25, 0.3) is 0 Å². The van der Waals surface area contributed by atoms with E-state index in [1.807, 2.05) is 36.4 Å². The lowest BCUT2D eigenvalue weighted by atomic mass is 10.2. The molecule has 0 unspecified atom stereocenters. The summed E-state index contributed by atoms with van der Waals surface area (Å²) in [5, 5.41) is 4.07. The molecule has 0 aliphatic rings. The van der Waals surface area contributed by atoms with Crippen LogP contribution in [0.15, 0.2) is 48.5 Å². The fourth-order valence-electron chi connectivity index (χ4n) is 2.31. The third-order valence-corrected chi connectivity index (χ3v) is 3.94. The van der Waals surface area contributed by atoms with Crippen molar-refractivity contribution in [2.75, 3.05) is 18.6 Å². The topological polar surface area (TPSA) is 24.5 Å². The fraction of sp³-hybridized carbons (Fsp3) is 0.278. The first kappa shape index (κ1) is 16.3. The maximum absolute atomic E-state index is 5.55. The van der Waals surface area contributed by atoms with Crippen molar-refractivity contribution in [1.29, 1.82) is 0 Å². The zero-order valence-electron chi connectivity index (χ0n) is 13.3. The summed E-state index contributed by atoms with van der Waals surface area (Å²) in [6.45, 7) is 5.74. The Morgan fingerprint density at radius 1 is 1.14 bits per heavy atom. The Morgan fingerprint density at radius 3 is 2.41 bits per heavy atom. The van der Waals surface area contributed by atoms with Crippen LogP contribution in [0.5, 0.6) is 5.75 Å². The number of methoxy groups -OCH3 is 1. The van der Waals surface area contributed by atoms with Gasteiger partial charge in [-0.15, -0.1) is 0 Å². The van der Waals surface area contributed by atoms with Crippen LogP contribution in [-0.4, -0.2) is 18.8 Å². The number of ether oxygens (including phenoxy) is 1. The number of nitrogens with one attached hydrogen (secondary N) is 1. The molecule has 2 rings (SSSR count). The molecule has 0 atom stereocenters. The van der Waals surface area contributed by atoms with E-state index >= 15 is 0 Å². The normalized spacial score (nSPS) is 10.1. The number of thiocarbonyl (C=S) groups is 1. The zero-order chi connectivity index (χ0) is 15.9. The van der Waals surface area contributed by atoms with Gasteiger partial charge in [0, 0.05) is 18.8 Å². The summed E-state index contributed by atoms with van der Waals surface area (Å²) in [5.41, 5.74) is 3.54. The first-order valence-corrected chi connectivity index (χ1v) is 7.80. The van der Waals surface area contributed by atoms with E-state index < -0.39 is 0 Å². The van der Waals surface area contributed by atoms with E-state index in [-0.39, 0.29) is 0 Å². The second-order valence-electron chi connectivity index (χ2n) is 5.04. The number of para-hydroxylation sites is 1. The van der Waals surface area contributed by atoms with E-state index in [4.69, 9.17) is 17.0 Å². The van der Waals surface area contributed by atoms with Crippen LogP contribution >= 0.6 is 12.2 Å². The Morgan fingerprint density at radius 2 is 1.82 bits per heavy atom. The lowest BCUT2D eigenvalue weighted by Crippen LogP contribution is -2.39. The molecule has 0 aromatic heterocycles. The molecule has 0 spiro atoms. The molecule has 2 aromatic carbocycles. The van der Waals surface area contributed by atoms with Crippen molar-refractivity contribution >= 4 is 23.0 Å². The molecule has 0 fully saturated rings. The average Bonchev–Trinajstić information content (AvgIpc) is 2.56. The number of hydrogen-bond acceptors (Lipinski definition) is 2. The van der Waals surface area contributed by atoms with Gasteiger partial charge in [0.05, 0.1) is 7.11 Å². The monoisotopic (exact) mass is 314 g/mol. The van der Waals surface area contributed by atoms with Crippen LogP contribution in [0.3, 0.4) is 0 Å². The Labute approximate surface area is 137 Å². The van der Waals surface area contributed by atoms with Crippen LogP contribution in [-0.2, 0) is 6.54 Å². The molecule has 0 heterocycles. The number of anilines is 1. The zero-order valence-corrected chi connectivity index (χ0v) is 14.1. The summed E-state index contributed by atoms with van der Waals surface area (Å²) < 4.78 is 5.17. The highest BCUT2D eigenvalue weighted by Gasteiger charge is 2.11. The van der Waals surface area contributed by atoms with E-state index in [9.17, 15) is 0 Å². The van der Waals surface area contributed by atoms with Gasteiger partial charge in [-0.1, -0.05) is 30.3 Å². The molecule has 0 aliphatic heterocycles. The summed E-state index contributed by atoms with van der Waals surface area (Å²) in [5.74, 6) is 0.862. The van der Waals surface area contributed by atoms with Crippen molar-refractivity contribution in [3.63, 3.8) is 0 Å². The van der Waals surface area contributed by atoms with Gasteiger partial charge >= 0.3 is 0 Å². The van der Waals surface area contributed by atoms with Crippen molar-refractivity contribution in [1.82, 2.24) is 5.32 Å². The Kier molecular flexibility index (Phi) is 5.78. The molecular formula is C18H22N2OS. The molecular weight excluding hydrogens is 292 g/mol. The number of hydrogen-bond donors (Lipinski definition) is 1. The average molecular weight is 314 g/mol. The summed E-state index contributed by atoms with van der Waals surface area (Å²) in [6.07, 6.45) is 0. The molecule has 22 heavy (non-hydrogen) atoms. The summed E-state index contributed by atoms with van der Waals surface area (Å²) in [7, 11) is 1.67. The van der Waals surface area contributed by atoms with Crippen LogP contribution < -0.4 is 15.0 Å². The predicted molar refractivity (Wildman–Crippen MR) is 96.6 cm³/mol. The van der Waals surface area contributed by atoms with Crippen LogP contribution in [0.25, 0.3) is 0 Å². The third-order valence-electron chi connectivity index (χ3n) is 3.57. The lowest BCUT2D eigenvalue weighted by molar-refractivity contribution is 0.414. The van der Waals surface area contributed by atoms with Gasteiger partial charge in [-0.2, -0.15) is 0 Å². The Bertz CT molecular complexity index is 625. The molecule has 4 heteroatoms. The molecule has 3 nitrogen and oxygen atoms in total. The van der Waals surface area contributed by atoms with Crippen LogP contribution in [0, 0.1) is 6.92 Å². The maximum Gasteiger partial charge on any atom is 0.173 e. The van der Waals surface area contributed by atoms with Crippen molar-refractivity contribution in [3.05, 3.63) is 59.7 Å². The van der Waals surface area contributed by atoms with Crippen molar-refractivity contribution < 1.29 is 4.74 Å². The Hall–Kier alpha value is -2.07. The van der Waals surface area contributed by atoms with Crippen molar-refractivity contribution in [2.24, 2.45) is 0 Å². The van der Waals surface area contributed by atoms with Crippen molar-refractivity contribution in [2.45, 2.75) is 20.4 Å². The first-order valence-electron chi connectivity index (χ1n) is 7.39. The minimum absolute atomic E-state index is 0.700. The van der Waals surface area contributed by atoms with Gasteiger partial charge in [-0.05, 0) is 55.4 Å². The molecule has 0 amide bonds. The van der Waals surface area contributed by atoms with Crippen molar-refractivity contribution in [3.8, 4) is 5.75 Å². The smallest absolute Gasteiger partial charge is 0.173 e.